The molecule has 6 aromatic carbocycles. The summed E-state index contributed by atoms with van der Waals surface area (Å²) in [6, 6.07) is 50.0. The molecule has 232 valence electrons. The zero-order valence-corrected chi connectivity index (χ0v) is 27.2. The van der Waals surface area contributed by atoms with Crippen LogP contribution in [-0.2, 0) is 5.41 Å². The van der Waals surface area contributed by atoms with Crippen molar-refractivity contribution in [2.45, 2.75) is 19.3 Å². The third-order valence-electron chi connectivity index (χ3n) is 9.59. The lowest BCUT2D eigenvalue weighted by Gasteiger charge is -2.20. The van der Waals surface area contributed by atoms with E-state index >= 15 is 0 Å². The quantitative estimate of drug-likeness (QED) is 0.190. The number of hydrogen-bond acceptors (Lipinski definition) is 5. The predicted octanol–water partition coefficient (Wildman–Crippen LogP) is 10.5. The first-order valence-corrected chi connectivity index (χ1v) is 16.5. The highest BCUT2D eigenvalue weighted by molar-refractivity contribution is 6.04. The number of hydrogen-bond donors (Lipinski definition) is 0. The summed E-state index contributed by atoms with van der Waals surface area (Å²) in [7, 11) is 0. The van der Waals surface area contributed by atoms with E-state index in [1.807, 2.05) is 66.9 Å². The summed E-state index contributed by atoms with van der Waals surface area (Å²) in [5, 5.41) is 2.27. The number of aromatic nitrogens is 5. The van der Waals surface area contributed by atoms with Gasteiger partial charge in [0.05, 0.1) is 5.69 Å². The van der Waals surface area contributed by atoms with Crippen LogP contribution in [0.15, 0.2) is 152 Å². The Balaban J connectivity index is 1.10. The lowest BCUT2D eigenvalue weighted by molar-refractivity contribution is 0.636. The molecule has 0 saturated carbocycles. The Morgan fingerprint density at radius 2 is 0.857 bits per heavy atom. The van der Waals surface area contributed by atoms with Crippen LogP contribution in [0.5, 0.6) is 0 Å². The summed E-state index contributed by atoms with van der Waals surface area (Å²) in [4.78, 5) is 24.8. The molecule has 1 aliphatic rings. The molecule has 2 aromatic heterocycles. The third kappa shape index (κ3) is 4.90. The number of fused-ring (bicyclic) bond motifs is 4. The highest BCUT2D eigenvalue weighted by atomic mass is 15.0. The highest BCUT2D eigenvalue weighted by Gasteiger charge is 2.37. The van der Waals surface area contributed by atoms with E-state index in [9.17, 15) is 0 Å². The molecular formula is C44H31N5. The van der Waals surface area contributed by atoms with Crippen molar-refractivity contribution >= 4 is 10.8 Å². The second-order valence-corrected chi connectivity index (χ2v) is 12.9. The molecule has 0 unspecified atom stereocenters. The second kappa shape index (κ2) is 11.4. The standard InChI is InChI=1S/C44H31N5/c1-44(2)38-20-12-11-19-35(38)37-27-45-43(46-39(37)44)36-26-25-32(33-17-9-10-18-34(33)36)28-21-23-31(24-22-28)42-48-40(29-13-5-3-6-14-29)47-41(49-42)30-15-7-4-8-16-30/h3-27H,1-2H3. The van der Waals surface area contributed by atoms with Crippen LogP contribution in [0.4, 0.5) is 0 Å². The molecule has 5 heteroatoms. The maximum absolute atomic E-state index is 5.22. The number of benzene rings is 6. The van der Waals surface area contributed by atoms with Gasteiger partial charge in [0.25, 0.3) is 0 Å². The van der Waals surface area contributed by atoms with Gasteiger partial charge in [0.1, 0.15) is 0 Å². The predicted molar refractivity (Wildman–Crippen MR) is 198 cm³/mol. The molecule has 0 radical (unpaired) electrons. The molecule has 8 aromatic rings. The van der Waals surface area contributed by atoms with Crippen LogP contribution >= 0.6 is 0 Å². The average molecular weight is 630 g/mol. The fourth-order valence-corrected chi connectivity index (χ4v) is 7.06. The first-order chi connectivity index (χ1) is 24.0. The summed E-state index contributed by atoms with van der Waals surface area (Å²) >= 11 is 0. The van der Waals surface area contributed by atoms with E-state index in [1.54, 1.807) is 0 Å². The zero-order valence-electron chi connectivity index (χ0n) is 27.2. The Morgan fingerprint density at radius 3 is 1.49 bits per heavy atom. The van der Waals surface area contributed by atoms with E-state index in [0.717, 1.165) is 61.2 Å². The van der Waals surface area contributed by atoms with E-state index in [-0.39, 0.29) is 5.41 Å². The van der Waals surface area contributed by atoms with Crippen molar-refractivity contribution in [2.75, 3.05) is 0 Å². The highest BCUT2D eigenvalue weighted by Crippen LogP contribution is 2.48. The van der Waals surface area contributed by atoms with Gasteiger partial charge in [-0.25, -0.2) is 24.9 Å². The SMILES string of the molecule is CC1(C)c2ccccc2-c2cnc(-c3ccc(-c4ccc(-c5nc(-c6ccccc6)nc(-c6ccccc6)n5)cc4)c4ccccc34)nc21. The van der Waals surface area contributed by atoms with E-state index in [0.29, 0.717) is 17.5 Å². The van der Waals surface area contributed by atoms with Gasteiger partial charge in [-0.05, 0) is 39.1 Å². The summed E-state index contributed by atoms with van der Waals surface area (Å²) in [6.07, 6.45) is 2.00. The van der Waals surface area contributed by atoms with Gasteiger partial charge in [0.2, 0.25) is 0 Å². The number of nitrogens with zero attached hydrogens (tertiary/aromatic N) is 5. The molecule has 1 aliphatic carbocycles. The lowest BCUT2D eigenvalue weighted by Crippen LogP contribution is -2.17. The lowest BCUT2D eigenvalue weighted by atomic mass is 9.85. The van der Waals surface area contributed by atoms with Crippen molar-refractivity contribution < 1.29 is 0 Å². The van der Waals surface area contributed by atoms with Gasteiger partial charge in [-0.15, -0.1) is 0 Å². The Morgan fingerprint density at radius 1 is 0.367 bits per heavy atom. The zero-order chi connectivity index (χ0) is 33.0. The minimum Gasteiger partial charge on any atom is -0.236 e. The monoisotopic (exact) mass is 629 g/mol. The van der Waals surface area contributed by atoms with Gasteiger partial charge in [0, 0.05) is 39.4 Å². The normalized spacial score (nSPS) is 12.9. The summed E-state index contributed by atoms with van der Waals surface area (Å²) < 4.78 is 0. The molecule has 5 nitrogen and oxygen atoms in total. The van der Waals surface area contributed by atoms with Crippen LogP contribution < -0.4 is 0 Å². The first-order valence-electron chi connectivity index (χ1n) is 16.5. The molecule has 9 rings (SSSR count). The largest absolute Gasteiger partial charge is 0.236 e. The van der Waals surface area contributed by atoms with Crippen molar-refractivity contribution in [3.05, 3.63) is 163 Å². The summed E-state index contributed by atoms with van der Waals surface area (Å²) in [5.41, 5.74) is 10.6. The van der Waals surface area contributed by atoms with Crippen LogP contribution in [0.3, 0.4) is 0 Å². The van der Waals surface area contributed by atoms with Gasteiger partial charge in [-0.3, -0.25) is 0 Å². The average Bonchev–Trinajstić information content (AvgIpc) is 3.40. The van der Waals surface area contributed by atoms with Crippen LogP contribution in [0.25, 0.3) is 78.6 Å². The molecule has 0 N–H and O–H groups in total. The van der Waals surface area contributed by atoms with Gasteiger partial charge in [0.15, 0.2) is 23.3 Å². The molecule has 0 bridgehead atoms. The van der Waals surface area contributed by atoms with Crippen LogP contribution in [-0.4, -0.2) is 24.9 Å². The Kier molecular flexibility index (Phi) is 6.73. The van der Waals surface area contributed by atoms with E-state index in [4.69, 9.17) is 24.9 Å². The van der Waals surface area contributed by atoms with E-state index in [1.165, 1.54) is 11.1 Å². The smallest absolute Gasteiger partial charge is 0.164 e. The van der Waals surface area contributed by atoms with Crippen molar-refractivity contribution in [2.24, 2.45) is 0 Å². The van der Waals surface area contributed by atoms with Gasteiger partial charge in [-0.2, -0.15) is 0 Å². The Labute approximate surface area is 285 Å². The van der Waals surface area contributed by atoms with Crippen LogP contribution in [0.2, 0.25) is 0 Å². The van der Waals surface area contributed by atoms with Crippen molar-refractivity contribution in [1.29, 1.82) is 0 Å². The van der Waals surface area contributed by atoms with Gasteiger partial charge >= 0.3 is 0 Å². The van der Waals surface area contributed by atoms with Gasteiger partial charge < -0.3 is 0 Å². The fraction of sp³-hybridized carbons (Fsp3) is 0.0682. The first kappa shape index (κ1) is 28.9. The minimum absolute atomic E-state index is 0.191. The fourth-order valence-electron chi connectivity index (χ4n) is 7.06. The summed E-state index contributed by atoms with van der Waals surface area (Å²) in [6.45, 7) is 4.50. The van der Waals surface area contributed by atoms with Crippen LogP contribution in [0.1, 0.15) is 25.1 Å². The maximum Gasteiger partial charge on any atom is 0.164 e. The molecule has 0 saturated heterocycles. The van der Waals surface area contributed by atoms with Crippen LogP contribution in [0, 0.1) is 0 Å². The van der Waals surface area contributed by atoms with Crippen molar-refractivity contribution in [3.8, 4) is 67.8 Å². The minimum atomic E-state index is -0.191. The third-order valence-corrected chi connectivity index (χ3v) is 9.59. The Hall–Kier alpha value is -6.33. The molecule has 49 heavy (non-hydrogen) atoms. The number of rotatable bonds is 5. The topological polar surface area (TPSA) is 64.5 Å². The molecule has 0 fully saturated rings. The molecule has 0 spiro atoms. The molecule has 0 atom stereocenters. The van der Waals surface area contributed by atoms with Gasteiger partial charge in [-0.1, -0.05) is 153 Å². The van der Waals surface area contributed by atoms with E-state index in [2.05, 4.69) is 98.8 Å². The molecule has 0 aliphatic heterocycles. The molecular weight excluding hydrogens is 599 g/mol. The summed E-state index contributed by atoms with van der Waals surface area (Å²) in [5.74, 6) is 2.68. The molecule has 0 amide bonds. The van der Waals surface area contributed by atoms with E-state index < -0.39 is 0 Å². The second-order valence-electron chi connectivity index (χ2n) is 12.9. The maximum atomic E-state index is 5.22. The molecule has 2 heterocycles. The van der Waals surface area contributed by atoms with Crippen molar-refractivity contribution in [1.82, 2.24) is 24.9 Å². The Bertz CT molecular complexity index is 2450. The van der Waals surface area contributed by atoms with Crippen molar-refractivity contribution in [3.63, 3.8) is 0 Å².